The molecule has 0 saturated heterocycles. The summed E-state index contributed by atoms with van der Waals surface area (Å²) in [5, 5.41) is 21.4. The Morgan fingerprint density at radius 3 is 2.64 bits per heavy atom. The van der Waals surface area contributed by atoms with Gasteiger partial charge >= 0.3 is 11.8 Å². The molecule has 1 atom stereocenters. The van der Waals surface area contributed by atoms with Crippen molar-refractivity contribution in [1.29, 1.82) is 0 Å². The van der Waals surface area contributed by atoms with Crippen LogP contribution in [0, 0.1) is 0 Å². The Balaban J connectivity index is 2.11. The van der Waals surface area contributed by atoms with E-state index in [1.807, 2.05) is 22.2 Å². The van der Waals surface area contributed by atoms with Crippen LogP contribution in [0.15, 0.2) is 47.0 Å². The third-order valence-corrected chi connectivity index (χ3v) is 4.75. The highest BCUT2D eigenvalue weighted by Crippen LogP contribution is 2.33. The minimum absolute atomic E-state index is 0.0788. The van der Waals surface area contributed by atoms with Gasteiger partial charge < -0.3 is 15.7 Å². The summed E-state index contributed by atoms with van der Waals surface area (Å²) >= 11 is 2.85. The normalized spacial score (nSPS) is 13.1. The Kier molecular flexibility index (Phi) is 5.48. The van der Waals surface area contributed by atoms with Crippen LogP contribution >= 0.6 is 22.7 Å². The molecule has 0 fully saturated rings. The van der Waals surface area contributed by atoms with E-state index in [0.717, 1.165) is 0 Å². The van der Waals surface area contributed by atoms with Crippen LogP contribution in [-0.4, -0.2) is 30.0 Å². The number of amides is 2. The molecule has 3 N–H and O–H groups in total. The smallest absolute Gasteiger partial charge is 0.309 e. The second-order valence-corrected chi connectivity index (χ2v) is 6.26. The number of hydrogen-bond acceptors (Lipinski definition) is 5. The predicted octanol–water partition coefficient (Wildman–Crippen LogP) is 1.46. The highest BCUT2D eigenvalue weighted by molar-refractivity contribution is 7.10. The van der Waals surface area contributed by atoms with Gasteiger partial charge in [-0.3, -0.25) is 9.59 Å². The van der Waals surface area contributed by atoms with Crippen molar-refractivity contribution < 1.29 is 14.7 Å². The van der Waals surface area contributed by atoms with Gasteiger partial charge in [-0.15, -0.1) is 17.9 Å². The van der Waals surface area contributed by atoms with Crippen LogP contribution in [-0.2, 0) is 15.2 Å². The fourth-order valence-corrected chi connectivity index (χ4v) is 3.45. The molecule has 116 valence electrons. The number of rotatable bonds is 6. The number of thiophene rings is 2. The number of carbonyl (C=O) groups is 2. The lowest BCUT2D eigenvalue weighted by Gasteiger charge is -2.26. The van der Waals surface area contributed by atoms with E-state index < -0.39 is 17.4 Å². The van der Waals surface area contributed by atoms with E-state index in [0.29, 0.717) is 10.4 Å². The first-order valence-corrected chi connectivity index (χ1v) is 8.36. The average molecular weight is 336 g/mol. The lowest BCUT2D eigenvalue weighted by molar-refractivity contribution is -0.139. The third-order valence-electron chi connectivity index (χ3n) is 3.05. The van der Waals surface area contributed by atoms with E-state index in [1.54, 1.807) is 12.1 Å². The molecular formula is C15H16N2O3S2. The van der Waals surface area contributed by atoms with E-state index in [-0.39, 0.29) is 13.1 Å². The number of hydrogen-bond donors (Lipinski definition) is 3. The predicted molar refractivity (Wildman–Crippen MR) is 87.9 cm³/mol. The SMILES string of the molecule is C=CCNC(=O)C(=O)NCC(O)(c1ccsc1)c1cccs1. The molecule has 7 heteroatoms. The van der Waals surface area contributed by atoms with Gasteiger partial charge in [0.2, 0.25) is 0 Å². The molecule has 2 aromatic heterocycles. The molecule has 2 amide bonds. The second kappa shape index (κ2) is 7.35. The number of carbonyl (C=O) groups excluding carboxylic acids is 2. The fourth-order valence-electron chi connectivity index (χ4n) is 1.88. The first-order valence-electron chi connectivity index (χ1n) is 6.54. The monoisotopic (exact) mass is 336 g/mol. The minimum Gasteiger partial charge on any atom is -0.378 e. The van der Waals surface area contributed by atoms with Gasteiger partial charge in [-0.25, -0.2) is 0 Å². The maximum atomic E-state index is 11.8. The molecular weight excluding hydrogens is 320 g/mol. The van der Waals surface area contributed by atoms with E-state index in [9.17, 15) is 14.7 Å². The zero-order valence-corrected chi connectivity index (χ0v) is 13.4. The molecule has 0 aliphatic heterocycles. The Hall–Kier alpha value is -1.96. The lowest BCUT2D eigenvalue weighted by Crippen LogP contribution is -2.46. The molecule has 5 nitrogen and oxygen atoms in total. The summed E-state index contributed by atoms with van der Waals surface area (Å²) in [7, 11) is 0. The van der Waals surface area contributed by atoms with Gasteiger partial charge in [0.1, 0.15) is 5.60 Å². The Morgan fingerprint density at radius 2 is 2.05 bits per heavy atom. The van der Waals surface area contributed by atoms with E-state index in [4.69, 9.17) is 0 Å². The van der Waals surface area contributed by atoms with Crippen molar-refractivity contribution in [1.82, 2.24) is 10.6 Å². The lowest BCUT2D eigenvalue weighted by atomic mass is 9.94. The standard InChI is InChI=1S/C15H16N2O3S2/c1-2-6-16-13(18)14(19)17-10-15(20,11-5-8-21-9-11)12-4-3-7-22-12/h2-5,7-9,20H,1,6,10H2,(H,16,18)(H,17,19). The number of nitrogens with one attached hydrogen (secondary N) is 2. The molecule has 2 heterocycles. The largest absolute Gasteiger partial charge is 0.378 e. The molecule has 1 unspecified atom stereocenters. The van der Waals surface area contributed by atoms with E-state index in [2.05, 4.69) is 17.2 Å². The quantitative estimate of drug-likeness (QED) is 0.552. The summed E-state index contributed by atoms with van der Waals surface area (Å²) in [6.45, 7) is 3.60. The number of aliphatic hydroxyl groups is 1. The minimum atomic E-state index is -1.34. The van der Waals surface area contributed by atoms with Crippen LogP contribution < -0.4 is 10.6 Å². The van der Waals surface area contributed by atoms with Crippen molar-refractivity contribution in [2.45, 2.75) is 5.60 Å². The molecule has 2 rings (SSSR count). The highest BCUT2D eigenvalue weighted by Gasteiger charge is 2.34. The van der Waals surface area contributed by atoms with Gasteiger partial charge in [0.25, 0.3) is 0 Å². The van der Waals surface area contributed by atoms with Gasteiger partial charge in [0, 0.05) is 17.0 Å². The van der Waals surface area contributed by atoms with E-state index in [1.165, 1.54) is 28.7 Å². The Labute approximate surface area is 136 Å². The first-order chi connectivity index (χ1) is 10.6. The molecule has 0 aromatic carbocycles. The van der Waals surface area contributed by atoms with Crippen LogP contribution in [0.4, 0.5) is 0 Å². The van der Waals surface area contributed by atoms with Gasteiger partial charge in [-0.05, 0) is 28.3 Å². The van der Waals surface area contributed by atoms with Gasteiger partial charge in [0.15, 0.2) is 0 Å². The Bertz CT molecular complexity index is 602. The van der Waals surface area contributed by atoms with Gasteiger partial charge in [-0.2, -0.15) is 11.3 Å². The summed E-state index contributed by atoms with van der Waals surface area (Å²) in [6.07, 6.45) is 1.48. The van der Waals surface area contributed by atoms with Crippen molar-refractivity contribution >= 4 is 34.5 Å². The zero-order chi connectivity index (χ0) is 16.0. The summed E-state index contributed by atoms with van der Waals surface area (Å²) in [6, 6.07) is 5.43. The van der Waals surface area contributed by atoms with Crippen LogP contribution in [0.2, 0.25) is 0 Å². The van der Waals surface area contributed by atoms with E-state index >= 15 is 0 Å². The summed E-state index contributed by atoms with van der Waals surface area (Å²) in [5.41, 5.74) is -0.658. The van der Waals surface area contributed by atoms with Crippen molar-refractivity contribution in [2.24, 2.45) is 0 Å². The average Bonchev–Trinajstić information content (AvgIpc) is 3.22. The van der Waals surface area contributed by atoms with Crippen LogP contribution in [0.1, 0.15) is 10.4 Å². The third kappa shape index (κ3) is 3.62. The summed E-state index contributed by atoms with van der Waals surface area (Å²) in [5.74, 6) is -1.54. The fraction of sp³-hybridized carbons (Fsp3) is 0.200. The van der Waals surface area contributed by atoms with Crippen molar-refractivity contribution in [3.8, 4) is 0 Å². The van der Waals surface area contributed by atoms with Crippen LogP contribution in [0.3, 0.4) is 0 Å². The van der Waals surface area contributed by atoms with Crippen molar-refractivity contribution in [3.05, 3.63) is 57.4 Å². The molecule has 2 aromatic rings. The first kappa shape index (κ1) is 16.4. The molecule has 0 spiro atoms. The van der Waals surface area contributed by atoms with Crippen LogP contribution in [0.5, 0.6) is 0 Å². The van der Waals surface area contributed by atoms with Gasteiger partial charge in [-0.1, -0.05) is 12.1 Å². The van der Waals surface area contributed by atoms with Crippen LogP contribution in [0.25, 0.3) is 0 Å². The van der Waals surface area contributed by atoms with Gasteiger partial charge in [0.05, 0.1) is 6.54 Å². The van der Waals surface area contributed by atoms with Crippen molar-refractivity contribution in [2.75, 3.05) is 13.1 Å². The summed E-state index contributed by atoms with van der Waals surface area (Å²) in [4.78, 5) is 24.0. The molecule has 0 radical (unpaired) electrons. The zero-order valence-electron chi connectivity index (χ0n) is 11.7. The topological polar surface area (TPSA) is 78.4 Å². The molecule has 0 saturated carbocycles. The van der Waals surface area contributed by atoms with Crippen molar-refractivity contribution in [3.63, 3.8) is 0 Å². The molecule has 0 bridgehead atoms. The maximum absolute atomic E-state index is 11.8. The molecule has 0 aliphatic carbocycles. The Morgan fingerprint density at radius 1 is 1.27 bits per heavy atom. The summed E-state index contributed by atoms with van der Waals surface area (Å²) < 4.78 is 0. The second-order valence-electron chi connectivity index (χ2n) is 4.53. The molecule has 0 aliphatic rings. The highest BCUT2D eigenvalue weighted by atomic mass is 32.1. The maximum Gasteiger partial charge on any atom is 0.309 e. The molecule has 22 heavy (non-hydrogen) atoms.